The maximum absolute atomic E-state index is 5.97. The molecule has 15 heavy (non-hydrogen) atoms. The van der Waals surface area contributed by atoms with Gasteiger partial charge in [0.2, 0.25) is 0 Å². The highest BCUT2D eigenvalue weighted by molar-refractivity contribution is 6.33. The zero-order valence-electron chi connectivity index (χ0n) is 7.94. The highest BCUT2D eigenvalue weighted by atomic mass is 35.5. The fourth-order valence-corrected chi connectivity index (χ4v) is 1.31. The zero-order valence-corrected chi connectivity index (χ0v) is 8.70. The number of hydrogen-bond acceptors (Lipinski definition) is 3. The first-order chi connectivity index (χ1) is 7.36. The van der Waals surface area contributed by atoms with Crippen LogP contribution in [-0.2, 0) is 0 Å². The van der Waals surface area contributed by atoms with Crippen molar-refractivity contribution in [2.45, 2.75) is 0 Å². The van der Waals surface area contributed by atoms with Gasteiger partial charge in [0.05, 0.1) is 10.7 Å². The van der Waals surface area contributed by atoms with Crippen LogP contribution in [-0.4, -0.2) is 4.98 Å². The Morgan fingerprint density at radius 3 is 2.47 bits per heavy atom. The van der Waals surface area contributed by atoms with Crippen LogP contribution < -0.4 is 10.9 Å². The quantitative estimate of drug-likeness (QED) is 0.779. The molecule has 1 heterocycles. The largest absolute Gasteiger partial charge is 0.298 e. The summed E-state index contributed by atoms with van der Waals surface area (Å²) in [5.41, 5.74) is 6.76. The fraction of sp³-hybridized carbons (Fsp3) is 0. The summed E-state index contributed by atoms with van der Waals surface area (Å²) in [7, 11) is 0. The molecule has 2 aromatic rings. The molecule has 3 nitrogen and oxygen atoms in total. The molecule has 0 bridgehead atoms. The lowest BCUT2D eigenvalue weighted by molar-refractivity contribution is 1.27. The number of aromatic nitrogens is 1. The Morgan fingerprint density at radius 2 is 1.73 bits per heavy atom. The highest BCUT2D eigenvalue weighted by Crippen LogP contribution is 2.20. The molecule has 76 valence electrons. The summed E-state index contributed by atoms with van der Waals surface area (Å²) in [4.78, 5) is 4.11. The average Bonchev–Trinajstić information content (AvgIpc) is 2.29. The summed E-state index contributed by atoms with van der Waals surface area (Å²) >= 11 is 5.97. The molecular formula is C11H10ClN3. The van der Waals surface area contributed by atoms with E-state index in [9.17, 15) is 0 Å². The molecule has 2 rings (SSSR count). The maximum atomic E-state index is 5.97. The number of hydrogen-bond donors (Lipinski definition) is 2. The number of hydrazine groups is 1. The van der Waals surface area contributed by atoms with Gasteiger partial charge in [0.1, 0.15) is 5.82 Å². The third-order valence-corrected chi connectivity index (χ3v) is 2.19. The van der Waals surface area contributed by atoms with Gasteiger partial charge in [-0.15, -0.1) is 0 Å². The molecule has 0 saturated carbocycles. The molecule has 0 aliphatic rings. The van der Waals surface area contributed by atoms with Crippen molar-refractivity contribution in [2.75, 3.05) is 10.9 Å². The normalized spacial score (nSPS) is 9.67. The number of pyridine rings is 1. The SMILES string of the molecule is Clc1ccccc1NNc1ccccn1. The molecule has 0 aliphatic carbocycles. The second-order valence-electron chi connectivity index (χ2n) is 2.94. The van der Waals surface area contributed by atoms with E-state index >= 15 is 0 Å². The van der Waals surface area contributed by atoms with Crippen molar-refractivity contribution in [3.8, 4) is 0 Å². The van der Waals surface area contributed by atoms with Crippen LogP contribution in [0.25, 0.3) is 0 Å². The number of benzene rings is 1. The van der Waals surface area contributed by atoms with Crippen LogP contribution in [0.2, 0.25) is 5.02 Å². The minimum absolute atomic E-state index is 0.668. The standard InChI is InChI=1S/C11H10ClN3/c12-9-5-1-2-6-10(9)14-15-11-7-3-4-8-13-11/h1-8,14H,(H,13,15). The van der Waals surface area contributed by atoms with Gasteiger partial charge in [-0.2, -0.15) is 0 Å². The molecule has 0 fully saturated rings. The molecule has 2 N–H and O–H groups in total. The molecule has 0 saturated heterocycles. The first-order valence-corrected chi connectivity index (χ1v) is 4.91. The lowest BCUT2D eigenvalue weighted by Crippen LogP contribution is -2.09. The Hall–Kier alpha value is -1.74. The van der Waals surface area contributed by atoms with E-state index in [1.807, 2.05) is 42.5 Å². The number of para-hydroxylation sites is 1. The van der Waals surface area contributed by atoms with Crippen molar-refractivity contribution in [3.05, 3.63) is 53.7 Å². The first kappa shape index (κ1) is 9.80. The van der Waals surface area contributed by atoms with E-state index in [0.717, 1.165) is 11.5 Å². The highest BCUT2D eigenvalue weighted by Gasteiger charge is 1.96. The molecule has 4 heteroatoms. The van der Waals surface area contributed by atoms with Crippen molar-refractivity contribution in [3.63, 3.8) is 0 Å². The van der Waals surface area contributed by atoms with Crippen LogP contribution in [0.4, 0.5) is 11.5 Å². The summed E-state index contributed by atoms with van der Waals surface area (Å²) in [5, 5.41) is 0.668. The molecular weight excluding hydrogens is 210 g/mol. The third-order valence-electron chi connectivity index (χ3n) is 1.86. The molecule has 0 amide bonds. The molecule has 0 radical (unpaired) electrons. The number of nitrogens with zero attached hydrogens (tertiary/aromatic N) is 1. The predicted octanol–water partition coefficient (Wildman–Crippen LogP) is 3.17. The average molecular weight is 220 g/mol. The van der Waals surface area contributed by atoms with Crippen molar-refractivity contribution in [1.29, 1.82) is 0 Å². The van der Waals surface area contributed by atoms with E-state index in [-0.39, 0.29) is 0 Å². The van der Waals surface area contributed by atoms with Gasteiger partial charge >= 0.3 is 0 Å². The smallest absolute Gasteiger partial charge is 0.144 e. The molecule has 0 aliphatic heterocycles. The van der Waals surface area contributed by atoms with Crippen LogP contribution in [0.3, 0.4) is 0 Å². The van der Waals surface area contributed by atoms with Crippen LogP contribution in [0.15, 0.2) is 48.7 Å². The Labute approximate surface area is 93.1 Å². The summed E-state index contributed by atoms with van der Waals surface area (Å²) < 4.78 is 0. The van der Waals surface area contributed by atoms with Gasteiger partial charge < -0.3 is 0 Å². The monoisotopic (exact) mass is 219 g/mol. The number of nitrogens with one attached hydrogen (secondary N) is 2. The molecule has 0 atom stereocenters. The zero-order chi connectivity index (χ0) is 10.5. The number of rotatable bonds is 3. The van der Waals surface area contributed by atoms with E-state index in [1.54, 1.807) is 6.20 Å². The summed E-state index contributed by atoms with van der Waals surface area (Å²) in [5.74, 6) is 0.748. The second kappa shape index (κ2) is 4.66. The van der Waals surface area contributed by atoms with E-state index in [0.29, 0.717) is 5.02 Å². The Morgan fingerprint density at radius 1 is 0.933 bits per heavy atom. The summed E-state index contributed by atoms with van der Waals surface area (Å²) in [6.45, 7) is 0. The Kier molecular flexibility index (Phi) is 3.05. The summed E-state index contributed by atoms with van der Waals surface area (Å²) in [6, 6.07) is 13.1. The fourth-order valence-electron chi connectivity index (χ4n) is 1.13. The topological polar surface area (TPSA) is 37.0 Å². The van der Waals surface area contributed by atoms with Gasteiger partial charge in [0.15, 0.2) is 0 Å². The second-order valence-corrected chi connectivity index (χ2v) is 3.35. The van der Waals surface area contributed by atoms with Crippen LogP contribution >= 0.6 is 11.6 Å². The van der Waals surface area contributed by atoms with Gasteiger partial charge in [0, 0.05) is 6.20 Å². The van der Waals surface area contributed by atoms with Gasteiger partial charge in [-0.05, 0) is 24.3 Å². The first-order valence-electron chi connectivity index (χ1n) is 4.54. The van der Waals surface area contributed by atoms with Gasteiger partial charge in [-0.1, -0.05) is 29.8 Å². The Bertz CT molecular complexity index is 431. The van der Waals surface area contributed by atoms with Gasteiger partial charge in [-0.25, -0.2) is 4.98 Å². The minimum atomic E-state index is 0.668. The van der Waals surface area contributed by atoms with E-state index in [4.69, 9.17) is 11.6 Å². The van der Waals surface area contributed by atoms with E-state index in [2.05, 4.69) is 15.8 Å². The molecule has 0 unspecified atom stereocenters. The maximum Gasteiger partial charge on any atom is 0.144 e. The van der Waals surface area contributed by atoms with Crippen molar-refractivity contribution in [2.24, 2.45) is 0 Å². The van der Waals surface area contributed by atoms with E-state index in [1.165, 1.54) is 0 Å². The molecule has 1 aromatic carbocycles. The van der Waals surface area contributed by atoms with Crippen LogP contribution in [0.1, 0.15) is 0 Å². The summed E-state index contributed by atoms with van der Waals surface area (Å²) in [6.07, 6.45) is 1.72. The minimum Gasteiger partial charge on any atom is -0.298 e. The van der Waals surface area contributed by atoms with Crippen molar-refractivity contribution >= 4 is 23.1 Å². The van der Waals surface area contributed by atoms with Gasteiger partial charge in [0.25, 0.3) is 0 Å². The van der Waals surface area contributed by atoms with Crippen LogP contribution in [0, 0.1) is 0 Å². The molecule has 0 spiro atoms. The third kappa shape index (κ3) is 2.60. The van der Waals surface area contributed by atoms with Crippen LogP contribution in [0.5, 0.6) is 0 Å². The van der Waals surface area contributed by atoms with E-state index < -0.39 is 0 Å². The number of anilines is 2. The lowest BCUT2D eigenvalue weighted by atomic mass is 10.3. The van der Waals surface area contributed by atoms with Crippen molar-refractivity contribution in [1.82, 2.24) is 4.98 Å². The van der Waals surface area contributed by atoms with Crippen molar-refractivity contribution < 1.29 is 0 Å². The lowest BCUT2D eigenvalue weighted by Gasteiger charge is -2.09. The number of halogens is 1. The Balaban J connectivity index is 2.03. The predicted molar refractivity (Wildman–Crippen MR) is 62.9 cm³/mol. The molecule has 1 aromatic heterocycles. The van der Waals surface area contributed by atoms with Gasteiger partial charge in [-0.3, -0.25) is 10.9 Å².